The van der Waals surface area contributed by atoms with Crippen LogP contribution in [0.1, 0.15) is 5.69 Å². The molecule has 17 heavy (non-hydrogen) atoms. The van der Waals surface area contributed by atoms with Crippen LogP contribution in [0, 0.1) is 0 Å². The van der Waals surface area contributed by atoms with E-state index in [-0.39, 0.29) is 17.3 Å². The van der Waals surface area contributed by atoms with Gasteiger partial charge in [0.2, 0.25) is 10.0 Å². The molecule has 0 amide bonds. The fourth-order valence-electron chi connectivity index (χ4n) is 1.19. The van der Waals surface area contributed by atoms with Gasteiger partial charge in [0.25, 0.3) is 0 Å². The van der Waals surface area contributed by atoms with E-state index in [2.05, 4.69) is 19.7 Å². The fourth-order valence-corrected chi connectivity index (χ4v) is 2.14. The van der Waals surface area contributed by atoms with Crippen molar-refractivity contribution in [1.29, 1.82) is 0 Å². The minimum Gasteiger partial charge on any atom is -0.384 e. The van der Waals surface area contributed by atoms with Crippen LogP contribution < -0.4 is 10.5 Å². The van der Waals surface area contributed by atoms with Crippen molar-refractivity contribution in [2.45, 2.75) is 11.4 Å². The first-order chi connectivity index (χ1) is 8.08. The molecule has 2 rings (SSSR count). The summed E-state index contributed by atoms with van der Waals surface area (Å²) in [5.41, 5.74) is 6.06. The maximum Gasteiger partial charge on any atom is 0.242 e. The largest absolute Gasteiger partial charge is 0.384 e. The Balaban J connectivity index is 2.11. The van der Waals surface area contributed by atoms with E-state index in [1.165, 1.54) is 24.7 Å². The normalized spacial score (nSPS) is 11.5. The number of aromatic nitrogens is 3. The number of sulfonamides is 1. The molecule has 7 nitrogen and oxygen atoms in total. The van der Waals surface area contributed by atoms with Crippen molar-refractivity contribution in [3.8, 4) is 0 Å². The van der Waals surface area contributed by atoms with Gasteiger partial charge in [-0.05, 0) is 12.1 Å². The third-order valence-corrected chi connectivity index (χ3v) is 3.46. The molecule has 0 spiro atoms. The van der Waals surface area contributed by atoms with Gasteiger partial charge in [-0.15, -0.1) is 0 Å². The average Bonchev–Trinajstić information content (AvgIpc) is 2.80. The molecule has 2 heterocycles. The van der Waals surface area contributed by atoms with Crippen LogP contribution in [-0.2, 0) is 16.6 Å². The number of pyridine rings is 1. The van der Waals surface area contributed by atoms with Gasteiger partial charge in [0.15, 0.2) is 0 Å². The van der Waals surface area contributed by atoms with E-state index < -0.39 is 10.0 Å². The van der Waals surface area contributed by atoms with Gasteiger partial charge in [-0.25, -0.2) is 23.1 Å². The zero-order valence-electron chi connectivity index (χ0n) is 8.79. The summed E-state index contributed by atoms with van der Waals surface area (Å²) in [6.07, 6.45) is 4.24. The van der Waals surface area contributed by atoms with E-state index in [0.717, 1.165) is 0 Å². The molecule has 0 unspecified atom stereocenters. The van der Waals surface area contributed by atoms with Crippen LogP contribution in [0.15, 0.2) is 35.7 Å². The number of nitrogens with one attached hydrogen (secondary N) is 2. The number of nitrogens with two attached hydrogens (primary N) is 1. The van der Waals surface area contributed by atoms with E-state index in [9.17, 15) is 8.42 Å². The predicted octanol–water partition coefficient (Wildman–Crippen LogP) is -0.135. The van der Waals surface area contributed by atoms with Crippen LogP contribution in [0.5, 0.6) is 0 Å². The van der Waals surface area contributed by atoms with Crippen molar-refractivity contribution >= 4 is 15.8 Å². The Bertz CT molecular complexity index is 576. The van der Waals surface area contributed by atoms with Crippen LogP contribution >= 0.6 is 0 Å². The van der Waals surface area contributed by atoms with Gasteiger partial charge in [-0.1, -0.05) is 0 Å². The summed E-state index contributed by atoms with van der Waals surface area (Å²) >= 11 is 0. The summed E-state index contributed by atoms with van der Waals surface area (Å²) in [5, 5.41) is 0. The zero-order chi connectivity index (χ0) is 12.3. The number of anilines is 1. The standard InChI is InChI=1S/C9H11N5O2S/c10-9-2-1-8(5-12-9)17(15,16)14-4-7-3-11-6-13-7/h1-3,5-6,14H,4H2,(H2,10,12)(H,11,13). The van der Waals surface area contributed by atoms with Gasteiger partial charge in [-0.3, -0.25) is 0 Å². The highest BCUT2D eigenvalue weighted by Crippen LogP contribution is 2.08. The highest BCUT2D eigenvalue weighted by atomic mass is 32.2. The Labute approximate surface area is 98.2 Å². The second-order valence-corrected chi connectivity index (χ2v) is 5.09. The van der Waals surface area contributed by atoms with Crippen LogP contribution in [0.2, 0.25) is 0 Å². The lowest BCUT2D eigenvalue weighted by Gasteiger charge is -2.05. The second-order valence-electron chi connectivity index (χ2n) is 3.32. The molecule has 8 heteroatoms. The van der Waals surface area contributed by atoms with Crippen molar-refractivity contribution in [3.63, 3.8) is 0 Å². The molecule has 0 fully saturated rings. The molecule has 90 valence electrons. The molecule has 2 aromatic heterocycles. The molecular weight excluding hydrogens is 242 g/mol. The first-order valence-corrected chi connectivity index (χ1v) is 6.25. The summed E-state index contributed by atoms with van der Waals surface area (Å²) in [5.74, 6) is 0.275. The lowest BCUT2D eigenvalue weighted by Crippen LogP contribution is -2.23. The monoisotopic (exact) mass is 253 g/mol. The van der Waals surface area contributed by atoms with Crippen molar-refractivity contribution in [2.24, 2.45) is 0 Å². The van der Waals surface area contributed by atoms with Crippen molar-refractivity contribution in [3.05, 3.63) is 36.5 Å². The SMILES string of the molecule is Nc1ccc(S(=O)(=O)NCc2cnc[nH]2)cn1. The molecule has 0 radical (unpaired) electrons. The Morgan fingerprint density at radius 2 is 2.18 bits per heavy atom. The smallest absolute Gasteiger partial charge is 0.242 e. The number of imidazole rings is 1. The van der Waals surface area contributed by atoms with Gasteiger partial charge >= 0.3 is 0 Å². The molecular formula is C9H11N5O2S. The van der Waals surface area contributed by atoms with Gasteiger partial charge in [-0.2, -0.15) is 0 Å². The van der Waals surface area contributed by atoms with Crippen LogP contribution in [-0.4, -0.2) is 23.4 Å². The molecule has 0 atom stereocenters. The molecule has 0 aliphatic rings. The van der Waals surface area contributed by atoms with Crippen LogP contribution in [0.3, 0.4) is 0 Å². The Morgan fingerprint density at radius 3 is 2.76 bits per heavy atom. The second kappa shape index (κ2) is 4.52. The molecule has 0 saturated carbocycles. The quantitative estimate of drug-likeness (QED) is 0.702. The van der Waals surface area contributed by atoms with Gasteiger partial charge in [0, 0.05) is 18.1 Å². The summed E-state index contributed by atoms with van der Waals surface area (Å²) < 4.78 is 26.0. The number of rotatable bonds is 4. The minimum atomic E-state index is -3.57. The minimum absolute atomic E-state index is 0.0752. The molecule has 0 aromatic carbocycles. The molecule has 0 aliphatic heterocycles. The number of hydrogen-bond donors (Lipinski definition) is 3. The molecule has 0 saturated heterocycles. The number of nitrogens with zero attached hydrogens (tertiary/aromatic N) is 2. The molecule has 0 aliphatic carbocycles. The van der Waals surface area contributed by atoms with Crippen molar-refractivity contribution in [2.75, 3.05) is 5.73 Å². The summed E-state index contributed by atoms with van der Waals surface area (Å²) in [4.78, 5) is 10.4. The number of H-pyrrole nitrogens is 1. The Hall–Kier alpha value is -1.93. The maximum atomic E-state index is 11.8. The van der Waals surface area contributed by atoms with E-state index in [1.807, 2.05) is 0 Å². The Kier molecular flexibility index (Phi) is 3.07. The van der Waals surface area contributed by atoms with E-state index in [4.69, 9.17) is 5.73 Å². The number of hydrogen-bond acceptors (Lipinski definition) is 5. The molecule has 0 bridgehead atoms. The Morgan fingerprint density at radius 1 is 1.35 bits per heavy atom. The average molecular weight is 253 g/mol. The summed E-state index contributed by atoms with van der Waals surface area (Å²) in [6.45, 7) is 0.146. The first kappa shape index (κ1) is 11.6. The van der Waals surface area contributed by atoms with E-state index >= 15 is 0 Å². The van der Waals surface area contributed by atoms with Crippen molar-refractivity contribution < 1.29 is 8.42 Å². The fraction of sp³-hybridized carbons (Fsp3) is 0.111. The summed E-state index contributed by atoms with van der Waals surface area (Å²) in [7, 11) is -3.57. The maximum absolute atomic E-state index is 11.8. The predicted molar refractivity (Wildman–Crippen MR) is 61.3 cm³/mol. The van der Waals surface area contributed by atoms with Gasteiger partial charge in [0.05, 0.1) is 12.9 Å². The topological polar surface area (TPSA) is 114 Å². The molecule has 4 N–H and O–H groups in total. The van der Waals surface area contributed by atoms with Crippen molar-refractivity contribution in [1.82, 2.24) is 19.7 Å². The third kappa shape index (κ3) is 2.80. The highest BCUT2D eigenvalue weighted by molar-refractivity contribution is 7.89. The molecule has 2 aromatic rings. The first-order valence-electron chi connectivity index (χ1n) is 4.76. The lowest BCUT2D eigenvalue weighted by atomic mass is 10.5. The van der Waals surface area contributed by atoms with E-state index in [1.54, 1.807) is 6.20 Å². The highest BCUT2D eigenvalue weighted by Gasteiger charge is 2.13. The van der Waals surface area contributed by atoms with E-state index in [0.29, 0.717) is 5.69 Å². The van der Waals surface area contributed by atoms with Crippen LogP contribution in [0.4, 0.5) is 5.82 Å². The lowest BCUT2D eigenvalue weighted by molar-refractivity contribution is 0.580. The van der Waals surface area contributed by atoms with Gasteiger partial charge in [0.1, 0.15) is 10.7 Å². The summed E-state index contributed by atoms with van der Waals surface area (Å²) in [6, 6.07) is 2.84. The number of nitrogen functional groups attached to an aromatic ring is 1. The van der Waals surface area contributed by atoms with Gasteiger partial charge < -0.3 is 10.7 Å². The zero-order valence-corrected chi connectivity index (χ0v) is 9.61. The third-order valence-electron chi connectivity index (χ3n) is 2.08. The van der Waals surface area contributed by atoms with Crippen LogP contribution in [0.25, 0.3) is 0 Å². The number of aromatic amines is 1.